The lowest BCUT2D eigenvalue weighted by Crippen LogP contribution is -2.56. The number of benzene rings is 1. The summed E-state index contributed by atoms with van der Waals surface area (Å²) in [5.74, 6) is -1.22. The van der Waals surface area contributed by atoms with E-state index < -0.39 is 11.9 Å². The molecule has 1 saturated heterocycles. The summed E-state index contributed by atoms with van der Waals surface area (Å²) in [7, 11) is 0. The molecular weight excluding hydrogens is 204 g/mol. The molecule has 1 heterocycles. The molecule has 1 fully saturated rings. The van der Waals surface area contributed by atoms with Crippen LogP contribution in [0.3, 0.4) is 0 Å². The summed E-state index contributed by atoms with van der Waals surface area (Å²) in [5, 5.41) is 9.20. The van der Waals surface area contributed by atoms with E-state index in [0.29, 0.717) is 6.54 Å². The van der Waals surface area contributed by atoms with Gasteiger partial charge in [-0.1, -0.05) is 30.3 Å². The molecule has 1 aromatic rings. The van der Waals surface area contributed by atoms with Gasteiger partial charge in [0.25, 0.3) is 0 Å². The number of rotatable bonds is 4. The standard InChI is InChI=1S/C12H16N2O2/c13-10-6-14(7-10)8-11(12(15)16)9-4-2-1-3-5-9/h1-5,10-11H,6-8,13H2,(H,15,16). The second-order valence-electron chi connectivity index (χ2n) is 4.28. The third-order valence-corrected chi connectivity index (χ3v) is 2.93. The molecule has 1 aromatic carbocycles. The number of carbonyl (C=O) groups is 1. The Morgan fingerprint density at radius 2 is 2.06 bits per heavy atom. The summed E-state index contributed by atoms with van der Waals surface area (Å²) >= 11 is 0. The van der Waals surface area contributed by atoms with Crippen LogP contribution in [0, 0.1) is 0 Å². The third kappa shape index (κ3) is 2.40. The van der Waals surface area contributed by atoms with Crippen LogP contribution in [0.15, 0.2) is 30.3 Å². The molecule has 0 aromatic heterocycles. The van der Waals surface area contributed by atoms with Crippen molar-refractivity contribution in [2.75, 3.05) is 19.6 Å². The molecular formula is C12H16N2O2. The molecule has 2 rings (SSSR count). The Labute approximate surface area is 94.7 Å². The smallest absolute Gasteiger partial charge is 0.312 e. The average molecular weight is 220 g/mol. The van der Waals surface area contributed by atoms with Crippen LogP contribution in [-0.4, -0.2) is 41.7 Å². The molecule has 0 saturated carbocycles. The molecule has 4 heteroatoms. The summed E-state index contributed by atoms with van der Waals surface area (Å²) in [6, 6.07) is 9.56. The van der Waals surface area contributed by atoms with Crippen LogP contribution in [0.25, 0.3) is 0 Å². The number of aliphatic carboxylic acids is 1. The predicted molar refractivity (Wildman–Crippen MR) is 61.2 cm³/mol. The summed E-state index contributed by atoms with van der Waals surface area (Å²) in [6.07, 6.45) is 0. The van der Waals surface area contributed by atoms with Crippen molar-refractivity contribution in [3.05, 3.63) is 35.9 Å². The second kappa shape index (κ2) is 4.63. The number of hydrogen-bond acceptors (Lipinski definition) is 3. The van der Waals surface area contributed by atoms with E-state index in [1.54, 1.807) is 0 Å². The van der Waals surface area contributed by atoms with Gasteiger partial charge in [-0.25, -0.2) is 0 Å². The number of nitrogens with two attached hydrogens (primary N) is 1. The Morgan fingerprint density at radius 3 is 2.56 bits per heavy atom. The van der Waals surface area contributed by atoms with Crippen molar-refractivity contribution in [3.63, 3.8) is 0 Å². The number of carboxylic acid groups (broad SMARTS) is 1. The Kier molecular flexibility index (Phi) is 3.22. The maximum Gasteiger partial charge on any atom is 0.312 e. The van der Waals surface area contributed by atoms with Crippen molar-refractivity contribution in [2.45, 2.75) is 12.0 Å². The van der Waals surface area contributed by atoms with Crippen molar-refractivity contribution < 1.29 is 9.90 Å². The molecule has 16 heavy (non-hydrogen) atoms. The van der Waals surface area contributed by atoms with E-state index in [0.717, 1.165) is 18.7 Å². The van der Waals surface area contributed by atoms with E-state index in [2.05, 4.69) is 4.90 Å². The quantitative estimate of drug-likeness (QED) is 0.775. The summed E-state index contributed by atoms with van der Waals surface area (Å²) in [5.41, 5.74) is 6.53. The lowest BCUT2D eigenvalue weighted by molar-refractivity contribution is -0.139. The fourth-order valence-corrected chi connectivity index (χ4v) is 2.03. The highest BCUT2D eigenvalue weighted by atomic mass is 16.4. The van der Waals surface area contributed by atoms with Crippen LogP contribution in [0.1, 0.15) is 11.5 Å². The van der Waals surface area contributed by atoms with E-state index >= 15 is 0 Å². The van der Waals surface area contributed by atoms with Crippen molar-refractivity contribution >= 4 is 5.97 Å². The Hall–Kier alpha value is -1.39. The molecule has 1 aliphatic rings. The highest BCUT2D eigenvalue weighted by Gasteiger charge is 2.29. The molecule has 1 atom stereocenters. The normalized spacial score (nSPS) is 19.1. The van der Waals surface area contributed by atoms with Crippen LogP contribution in [0.4, 0.5) is 0 Å². The van der Waals surface area contributed by atoms with Gasteiger partial charge in [-0.2, -0.15) is 0 Å². The van der Waals surface area contributed by atoms with Crippen molar-refractivity contribution in [1.29, 1.82) is 0 Å². The molecule has 0 bridgehead atoms. The zero-order valence-corrected chi connectivity index (χ0v) is 9.04. The molecule has 0 amide bonds. The van der Waals surface area contributed by atoms with Crippen molar-refractivity contribution in [3.8, 4) is 0 Å². The first kappa shape index (κ1) is 11.1. The first-order valence-electron chi connectivity index (χ1n) is 5.42. The monoisotopic (exact) mass is 220 g/mol. The molecule has 1 unspecified atom stereocenters. The van der Waals surface area contributed by atoms with Gasteiger partial charge in [0.05, 0.1) is 5.92 Å². The highest BCUT2D eigenvalue weighted by molar-refractivity contribution is 5.76. The summed E-state index contributed by atoms with van der Waals surface area (Å²) < 4.78 is 0. The van der Waals surface area contributed by atoms with Gasteiger partial charge < -0.3 is 10.8 Å². The molecule has 1 aliphatic heterocycles. The zero-order valence-electron chi connectivity index (χ0n) is 9.04. The number of nitrogens with zero attached hydrogens (tertiary/aromatic N) is 1. The average Bonchev–Trinajstić information content (AvgIpc) is 2.23. The maximum atomic E-state index is 11.2. The minimum Gasteiger partial charge on any atom is -0.481 e. The van der Waals surface area contributed by atoms with E-state index in [1.807, 2.05) is 30.3 Å². The number of hydrogen-bond donors (Lipinski definition) is 2. The first-order valence-corrected chi connectivity index (χ1v) is 5.42. The number of likely N-dealkylation sites (tertiary alicyclic amines) is 1. The maximum absolute atomic E-state index is 11.2. The van der Waals surface area contributed by atoms with Crippen molar-refractivity contribution in [1.82, 2.24) is 4.90 Å². The van der Waals surface area contributed by atoms with Crippen LogP contribution in [0.2, 0.25) is 0 Å². The summed E-state index contributed by atoms with van der Waals surface area (Å²) in [4.78, 5) is 13.3. The first-order chi connectivity index (χ1) is 7.66. The molecule has 0 spiro atoms. The Balaban J connectivity index is 2.03. The van der Waals surface area contributed by atoms with Gasteiger partial charge in [0.2, 0.25) is 0 Å². The highest BCUT2D eigenvalue weighted by Crippen LogP contribution is 2.19. The molecule has 0 radical (unpaired) electrons. The number of carboxylic acids is 1. The van der Waals surface area contributed by atoms with E-state index in [9.17, 15) is 9.90 Å². The molecule has 4 nitrogen and oxygen atoms in total. The van der Waals surface area contributed by atoms with Gasteiger partial charge in [-0.15, -0.1) is 0 Å². The van der Waals surface area contributed by atoms with Crippen LogP contribution < -0.4 is 5.73 Å². The fraction of sp³-hybridized carbons (Fsp3) is 0.417. The van der Waals surface area contributed by atoms with Crippen LogP contribution >= 0.6 is 0 Å². The largest absolute Gasteiger partial charge is 0.481 e. The van der Waals surface area contributed by atoms with Crippen molar-refractivity contribution in [2.24, 2.45) is 5.73 Å². The predicted octanol–water partition coefficient (Wildman–Crippen LogP) is 0.498. The van der Waals surface area contributed by atoms with Gasteiger partial charge >= 0.3 is 5.97 Å². The Bertz CT molecular complexity index is 361. The van der Waals surface area contributed by atoms with Gasteiger partial charge in [0.1, 0.15) is 0 Å². The lowest BCUT2D eigenvalue weighted by atomic mass is 9.96. The second-order valence-corrected chi connectivity index (χ2v) is 4.28. The van der Waals surface area contributed by atoms with E-state index in [1.165, 1.54) is 0 Å². The SMILES string of the molecule is NC1CN(CC(C(=O)O)c2ccccc2)C1. The van der Waals surface area contributed by atoms with Gasteiger partial charge in [0, 0.05) is 25.7 Å². The topological polar surface area (TPSA) is 66.6 Å². The van der Waals surface area contributed by atoms with Crippen LogP contribution in [0.5, 0.6) is 0 Å². The molecule has 86 valence electrons. The lowest BCUT2D eigenvalue weighted by Gasteiger charge is -2.38. The molecule has 0 aliphatic carbocycles. The third-order valence-electron chi connectivity index (χ3n) is 2.93. The fourth-order valence-electron chi connectivity index (χ4n) is 2.03. The summed E-state index contributed by atoms with van der Waals surface area (Å²) in [6.45, 7) is 2.15. The zero-order chi connectivity index (χ0) is 11.5. The van der Waals surface area contributed by atoms with E-state index in [-0.39, 0.29) is 6.04 Å². The minimum atomic E-state index is -0.772. The van der Waals surface area contributed by atoms with Crippen LogP contribution in [-0.2, 0) is 4.79 Å². The van der Waals surface area contributed by atoms with E-state index in [4.69, 9.17) is 5.73 Å². The van der Waals surface area contributed by atoms with Gasteiger partial charge in [-0.05, 0) is 5.56 Å². The van der Waals surface area contributed by atoms with Gasteiger partial charge in [0.15, 0.2) is 0 Å². The van der Waals surface area contributed by atoms with Gasteiger partial charge in [-0.3, -0.25) is 9.69 Å². The molecule has 3 N–H and O–H groups in total. The minimum absolute atomic E-state index is 0.213. The Morgan fingerprint density at radius 1 is 1.44 bits per heavy atom.